The molecule has 1 N–H and O–H groups in total. The Labute approximate surface area is 129 Å². The molecule has 0 atom stereocenters. The maximum absolute atomic E-state index is 5.83. The van der Waals surface area contributed by atoms with E-state index in [0.29, 0.717) is 6.61 Å². The lowest BCUT2D eigenvalue weighted by Gasteiger charge is -2.12. The van der Waals surface area contributed by atoms with Crippen LogP contribution in [0.5, 0.6) is 5.75 Å². The zero-order chi connectivity index (χ0) is 14.4. The van der Waals surface area contributed by atoms with Crippen LogP contribution in [0.4, 0.5) is 0 Å². The molecule has 0 saturated carbocycles. The van der Waals surface area contributed by atoms with E-state index in [1.54, 1.807) is 0 Å². The van der Waals surface area contributed by atoms with Gasteiger partial charge in [-0.05, 0) is 46.9 Å². The van der Waals surface area contributed by atoms with E-state index in [2.05, 4.69) is 58.4 Å². The van der Waals surface area contributed by atoms with Crippen LogP contribution in [0.3, 0.4) is 0 Å². The first kappa shape index (κ1) is 15.3. The molecule has 0 fully saturated rings. The highest BCUT2D eigenvalue weighted by atomic mass is 79.9. The third kappa shape index (κ3) is 4.20. The van der Waals surface area contributed by atoms with Crippen LogP contribution in [-0.2, 0) is 0 Å². The molecular weight excluding hydrogens is 316 g/mol. The molecule has 0 heterocycles. The van der Waals surface area contributed by atoms with Gasteiger partial charge in [-0.2, -0.15) is 0 Å². The summed E-state index contributed by atoms with van der Waals surface area (Å²) in [5, 5.41) is 5.77. The minimum atomic E-state index is 0.671. The molecule has 0 radical (unpaired) electrons. The predicted molar refractivity (Wildman–Crippen MR) is 88.6 cm³/mol. The summed E-state index contributed by atoms with van der Waals surface area (Å²) in [5.41, 5.74) is 0. The molecule has 3 nitrogen and oxygen atoms in total. The van der Waals surface area contributed by atoms with Gasteiger partial charge in [0.1, 0.15) is 12.4 Å². The fraction of sp³-hybridized carbons (Fsp3) is 0.375. The second kappa shape index (κ2) is 7.62. The summed E-state index contributed by atoms with van der Waals surface area (Å²) in [6.07, 6.45) is 0. The van der Waals surface area contributed by atoms with E-state index in [1.165, 1.54) is 10.8 Å². The molecule has 2 aromatic rings. The highest BCUT2D eigenvalue weighted by molar-refractivity contribution is 9.10. The lowest BCUT2D eigenvalue weighted by Crippen LogP contribution is -2.29. The first-order chi connectivity index (χ1) is 9.68. The van der Waals surface area contributed by atoms with Gasteiger partial charge in [0.2, 0.25) is 0 Å². The van der Waals surface area contributed by atoms with Crippen LogP contribution in [0.15, 0.2) is 40.9 Å². The normalized spacial score (nSPS) is 11.2. The van der Waals surface area contributed by atoms with Crippen molar-refractivity contribution in [1.82, 2.24) is 10.2 Å². The molecule has 2 aromatic carbocycles. The summed E-state index contributed by atoms with van der Waals surface area (Å²) in [7, 11) is 4.15. The Kier molecular flexibility index (Phi) is 5.83. The maximum Gasteiger partial charge on any atom is 0.134 e. The van der Waals surface area contributed by atoms with E-state index in [1.807, 2.05) is 18.2 Å². The molecule has 0 aliphatic carbocycles. The number of hydrogen-bond donors (Lipinski definition) is 1. The number of rotatable bonds is 7. The average Bonchev–Trinajstić information content (AvgIpc) is 2.45. The molecule has 0 bridgehead atoms. The lowest BCUT2D eigenvalue weighted by molar-refractivity contribution is 0.307. The van der Waals surface area contributed by atoms with Gasteiger partial charge in [0.05, 0.1) is 4.47 Å². The van der Waals surface area contributed by atoms with E-state index in [4.69, 9.17) is 4.74 Å². The summed E-state index contributed by atoms with van der Waals surface area (Å²) in [5.74, 6) is 0.901. The molecule has 0 amide bonds. The van der Waals surface area contributed by atoms with Crippen LogP contribution >= 0.6 is 15.9 Å². The molecule has 0 aromatic heterocycles. The average molecular weight is 337 g/mol. The van der Waals surface area contributed by atoms with Gasteiger partial charge in [0, 0.05) is 19.6 Å². The number of halogens is 1. The van der Waals surface area contributed by atoms with Crippen LogP contribution in [-0.4, -0.2) is 45.2 Å². The Balaban J connectivity index is 1.86. The van der Waals surface area contributed by atoms with Gasteiger partial charge in [0.25, 0.3) is 0 Å². The molecule has 0 aliphatic rings. The second-order valence-corrected chi connectivity index (χ2v) is 5.79. The third-order valence-electron chi connectivity index (χ3n) is 3.10. The van der Waals surface area contributed by atoms with Crippen LogP contribution in [0.1, 0.15) is 0 Å². The van der Waals surface area contributed by atoms with Gasteiger partial charge in [-0.1, -0.05) is 30.3 Å². The summed E-state index contributed by atoms with van der Waals surface area (Å²) >= 11 is 3.63. The molecule has 0 saturated heterocycles. The molecule has 108 valence electrons. The van der Waals surface area contributed by atoms with Crippen molar-refractivity contribution in [2.75, 3.05) is 40.3 Å². The smallest absolute Gasteiger partial charge is 0.134 e. The number of fused-ring (bicyclic) bond motifs is 1. The zero-order valence-electron chi connectivity index (χ0n) is 12.0. The Morgan fingerprint density at radius 2 is 1.90 bits per heavy atom. The van der Waals surface area contributed by atoms with Crippen molar-refractivity contribution < 1.29 is 4.74 Å². The van der Waals surface area contributed by atoms with Crippen molar-refractivity contribution in [2.45, 2.75) is 0 Å². The molecule has 2 rings (SSSR count). The number of ether oxygens (including phenoxy) is 1. The van der Waals surface area contributed by atoms with Crippen molar-refractivity contribution in [2.24, 2.45) is 0 Å². The zero-order valence-corrected chi connectivity index (χ0v) is 13.6. The standard InChI is InChI=1S/C16H21BrN2O/c1-19(2)11-9-18-10-12-20-15-8-7-13-5-3-4-6-14(13)16(15)17/h3-8,18H,9-12H2,1-2H3. The maximum atomic E-state index is 5.83. The van der Waals surface area contributed by atoms with Crippen LogP contribution in [0.25, 0.3) is 10.8 Å². The Morgan fingerprint density at radius 1 is 1.10 bits per heavy atom. The van der Waals surface area contributed by atoms with Gasteiger partial charge >= 0.3 is 0 Å². The molecule has 20 heavy (non-hydrogen) atoms. The van der Waals surface area contributed by atoms with Crippen molar-refractivity contribution in [3.05, 3.63) is 40.9 Å². The lowest BCUT2D eigenvalue weighted by atomic mass is 10.1. The Bertz CT molecular complexity index is 557. The van der Waals surface area contributed by atoms with Crippen molar-refractivity contribution in [3.63, 3.8) is 0 Å². The number of hydrogen-bond acceptors (Lipinski definition) is 3. The van der Waals surface area contributed by atoms with Crippen LogP contribution in [0, 0.1) is 0 Å². The van der Waals surface area contributed by atoms with Gasteiger partial charge in [0.15, 0.2) is 0 Å². The van der Waals surface area contributed by atoms with Crippen LogP contribution in [0.2, 0.25) is 0 Å². The fourth-order valence-electron chi connectivity index (χ4n) is 1.99. The van der Waals surface area contributed by atoms with E-state index < -0.39 is 0 Å². The topological polar surface area (TPSA) is 24.5 Å². The van der Waals surface area contributed by atoms with E-state index in [0.717, 1.165) is 29.9 Å². The number of benzene rings is 2. The van der Waals surface area contributed by atoms with Gasteiger partial charge < -0.3 is 15.0 Å². The molecule has 0 unspecified atom stereocenters. The SMILES string of the molecule is CN(C)CCNCCOc1ccc2ccccc2c1Br. The number of likely N-dealkylation sites (N-methyl/N-ethyl adjacent to an activating group) is 1. The number of nitrogens with one attached hydrogen (secondary N) is 1. The Morgan fingerprint density at radius 3 is 2.70 bits per heavy atom. The molecule has 4 heteroatoms. The quantitative estimate of drug-likeness (QED) is 0.786. The van der Waals surface area contributed by atoms with E-state index >= 15 is 0 Å². The van der Waals surface area contributed by atoms with Gasteiger partial charge in [-0.25, -0.2) is 0 Å². The van der Waals surface area contributed by atoms with Gasteiger partial charge in [-0.15, -0.1) is 0 Å². The van der Waals surface area contributed by atoms with E-state index in [9.17, 15) is 0 Å². The van der Waals surface area contributed by atoms with Crippen LogP contribution < -0.4 is 10.1 Å². The highest BCUT2D eigenvalue weighted by Gasteiger charge is 2.05. The van der Waals surface area contributed by atoms with Crippen molar-refractivity contribution >= 4 is 26.7 Å². The molecule has 0 spiro atoms. The predicted octanol–water partition coefficient (Wildman–Crippen LogP) is 3.13. The van der Waals surface area contributed by atoms with E-state index in [-0.39, 0.29) is 0 Å². The summed E-state index contributed by atoms with van der Waals surface area (Å²) in [6, 6.07) is 12.4. The largest absolute Gasteiger partial charge is 0.491 e. The monoisotopic (exact) mass is 336 g/mol. The molecule has 0 aliphatic heterocycles. The number of nitrogens with zero attached hydrogens (tertiary/aromatic N) is 1. The fourth-order valence-corrected chi connectivity index (χ4v) is 2.59. The first-order valence-corrected chi connectivity index (χ1v) is 7.63. The summed E-state index contributed by atoms with van der Waals surface area (Å²) < 4.78 is 6.86. The molecular formula is C16H21BrN2O. The summed E-state index contributed by atoms with van der Waals surface area (Å²) in [6.45, 7) is 3.55. The van der Waals surface area contributed by atoms with Crippen molar-refractivity contribution in [3.8, 4) is 5.75 Å². The third-order valence-corrected chi connectivity index (χ3v) is 3.92. The van der Waals surface area contributed by atoms with Gasteiger partial charge in [-0.3, -0.25) is 0 Å². The Hall–Kier alpha value is -1.10. The minimum absolute atomic E-state index is 0.671. The first-order valence-electron chi connectivity index (χ1n) is 6.84. The second-order valence-electron chi connectivity index (χ2n) is 5.00. The highest BCUT2D eigenvalue weighted by Crippen LogP contribution is 2.32. The minimum Gasteiger partial charge on any atom is -0.491 e. The van der Waals surface area contributed by atoms with Crippen molar-refractivity contribution in [1.29, 1.82) is 0 Å². The summed E-state index contributed by atoms with van der Waals surface area (Å²) in [4.78, 5) is 2.16.